The molecule has 0 radical (unpaired) electrons. The molecule has 0 aliphatic carbocycles. The Labute approximate surface area is 79.3 Å². The van der Waals surface area contributed by atoms with E-state index in [2.05, 4.69) is 6.07 Å². The highest BCUT2D eigenvalue weighted by Crippen LogP contribution is 2.18. The van der Waals surface area contributed by atoms with Crippen LogP contribution in [-0.2, 0) is 4.79 Å². The molecule has 72 valence electrons. The Morgan fingerprint density at radius 2 is 2.38 bits per heavy atom. The van der Waals surface area contributed by atoms with E-state index in [4.69, 9.17) is 5.26 Å². The summed E-state index contributed by atoms with van der Waals surface area (Å²) in [5.74, 6) is 0.520. The van der Waals surface area contributed by atoms with Gasteiger partial charge in [0.1, 0.15) is 6.04 Å². The van der Waals surface area contributed by atoms with Crippen molar-refractivity contribution < 1.29 is 4.79 Å². The monoisotopic (exact) mass is 180 g/mol. The first-order valence-corrected chi connectivity index (χ1v) is 4.84. The Bertz CT molecular complexity index is 230. The Morgan fingerprint density at radius 1 is 1.69 bits per heavy atom. The first-order chi connectivity index (χ1) is 6.15. The largest absolute Gasteiger partial charge is 0.327 e. The molecule has 3 heteroatoms. The average Bonchev–Trinajstić information content (AvgIpc) is 2.49. The van der Waals surface area contributed by atoms with Crippen LogP contribution in [0.5, 0.6) is 0 Å². The van der Waals surface area contributed by atoms with Crippen LogP contribution < -0.4 is 0 Å². The second-order valence-corrected chi connectivity index (χ2v) is 3.97. The maximum atomic E-state index is 11.6. The van der Waals surface area contributed by atoms with E-state index in [1.165, 1.54) is 0 Å². The van der Waals surface area contributed by atoms with Gasteiger partial charge in [0.15, 0.2) is 0 Å². The third kappa shape index (κ3) is 2.45. The van der Waals surface area contributed by atoms with Crippen LogP contribution in [0.4, 0.5) is 0 Å². The van der Waals surface area contributed by atoms with Crippen LogP contribution >= 0.6 is 0 Å². The summed E-state index contributed by atoms with van der Waals surface area (Å²) in [6.07, 6.45) is 2.39. The fourth-order valence-electron chi connectivity index (χ4n) is 1.67. The molecule has 13 heavy (non-hydrogen) atoms. The third-order valence-corrected chi connectivity index (χ3v) is 2.31. The molecule has 1 aliphatic rings. The van der Waals surface area contributed by atoms with Crippen molar-refractivity contribution in [1.82, 2.24) is 4.90 Å². The number of hydrogen-bond acceptors (Lipinski definition) is 2. The molecule has 1 saturated heterocycles. The lowest BCUT2D eigenvalue weighted by Gasteiger charge is -2.20. The molecule has 1 heterocycles. The lowest BCUT2D eigenvalue weighted by atomic mass is 10.1. The quantitative estimate of drug-likeness (QED) is 0.647. The van der Waals surface area contributed by atoms with Crippen LogP contribution in [0.25, 0.3) is 0 Å². The van der Waals surface area contributed by atoms with Crippen molar-refractivity contribution in [2.75, 3.05) is 6.54 Å². The number of carbonyl (C=O) groups excluding carboxylic acids is 1. The van der Waals surface area contributed by atoms with Crippen LogP contribution in [0.15, 0.2) is 0 Å². The lowest BCUT2D eigenvalue weighted by molar-refractivity contribution is -0.131. The summed E-state index contributed by atoms with van der Waals surface area (Å²) < 4.78 is 0. The standard InChI is InChI=1S/C10H16N2O/c1-8(2)6-10(13)12-5-3-4-9(12)7-11/h8-9H,3-6H2,1-2H3. The van der Waals surface area contributed by atoms with Crippen LogP contribution in [0.1, 0.15) is 33.1 Å². The Hall–Kier alpha value is -1.04. The second kappa shape index (κ2) is 4.27. The first kappa shape index (κ1) is 10.0. The highest BCUT2D eigenvalue weighted by atomic mass is 16.2. The van der Waals surface area contributed by atoms with E-state index in [0.29, 0.717) is 12.3 Å². The number of hydrogen-bond donors (Lipinski definition) is 0. The topological polar surface area (TPSA) is 44.1 Å². The predicted octanol–water partition coefficient (Wildman–Crippen LogP) is 1.55. The Kier molecular flexibility index (Phi) is 3.30. The highest BCUT2D eigenvalue weighted by molar-refractivity contribution is 5.77. The van der Waals surface area contributed by atoms with Gasteiger partial charge in [0.05, 0.1) is 6.07 Å². The Balaban J connectivity index is 2.51. The van der Waals surface area contributed by atoms with Gasteiger partial charge in [-0.25, -0.2) is 0 Å². The summed E-state index contributed by atoms with van der Waals surface area (Å²) >= 11 is 0. The summed E-state index contributed by atoms with van der Waals surface area (Å²) in [5.41, 5.74) is 0. The number of rotatable bonds is 2. The molecule has 0 spiro atoms. The molecule has 0 saturated carbocycles. The van der Waals surface area contributed by atoms with Crippen molar-refractivity contribution in [2.45, 2.75) is 39.2 Å². The minimum atomic E-state index is -0.161. The summed E-state index contributed by atoms with van der Waals surface area (Å²) in [7, 11) is 0. The maximum Gasteiger partial charge on any atom is 0.223 e. The molecule has 0 bridgehead atoms. The molecular weight excluding hydrogens is 164 g/mol. The van der Waals surface area contributed by atoms with Crippen molar-refractivity contribution >= 4 is 5.91 Å². The lowest BCUT2D eigenvalue weighted by Crippen LogP contribution is -2.35. The molecule has 0 N–H and O–H groups in total. The predicted molar refractivity (Wildman–Crippen MR) is 49.8 cm³/mol. The van der Waals surface area contributed by atoms with Crippen LogP contribution in [0.3, 0.4) is 0 Å². The van der Waals surface area contributed by atoms with Crippen LogP contribution in [-0.4, -0.2) is 23.4 Å². The Morgan fingerprint density at radius 3 is 2.92 bits per heavy atom. The number of amides is 1. The molecule has 1 rings (SSSR count). The van der Waals surface area contributed by atoms with Crippen molar-refractivity contribution in [3.05, 3.63) is 0 Å². The molecule has 1 atom stereocenters. The van der Waals surface area contributed by atoms with E-state index in [9.17, 15) is 4.79 Å². The molecule has 0 aromatic heterocycles. The molecule has 0 aromatic rings. The zero-order valence-corrected chi connectivity index (χ0v) is 8.29. The van der Waals surface area contributed by atoms with Gasteiger partial charge in [-0.2, -0.15) is 5.26 Å². The molecule has 1 fully saturated rings. The van der Waals surface area contributed by atoms with E-state index < -0.39 is 0 Å². The summed E-state index contributed by atoms with van der Waals surface area (Å²) in [6, 6.07) is 2.01. The average molecular weight is 180 g/mol. The van der Waals surface area contributed by atoms with E-state index in [0.717, 1.165) is 19.4 Å². The number of nitrogens with zero attached hydrogens (tertiary/aromatic N) is 2. The fourth-order valence-corrected chi connectivity index (χ4v) is 1.67. The first-order valence-electron chi connectivity index (χ1n) is 4.84. The van der Waals surface area contributed by atoms with E-state index in [1.54, 1.807) is 4.90 Å². The van der Waals surface area contributed by atoms with Gasteiger partial charge in [-0.3, -0.25) is 4.79 Å². The minimum Gasteiger partial charge on any atom is -0.327 e. The second-order valence-electron chi connectivity index (χ2n) is 3.97. The van der Waals surface area contributed by atoms with Gasteiger partial charge >= 0.3 is 0 Å². The molecule has 3 nitrogen and oxygen atoms in total. The van der Waals surface area contributed by atoms with Crippen LogP contribution in [0.2, 0.25) is 0 Å². The highest BCUT2D eigenvalue weighted by Gasteiger charge is 2.28. The molecule has 1 aliphatic heterocycles. The zero-order valence-electron chi connectivity index (χ0n) is 8.29. The van der Waals surface area contributed by atoms with Gasteiger partial charge in [0, 0.05) is 13.0 Å². The summed E-state index contributed by atoms with van der Waals surface area (Å²) in [6.45, 7) is 4.81. The minimum absolute atomic E-state index is 0.138. The molecular formula is C10H16N2O. The van der Waals surface area contributed by atoms with E-state index in [-0.39, 0.29) is 11.9 Å². The molecule has 0 aromatic carbocycles. The van der Waals surface area contributed by atoms with Gasteiger partial charge < -0.3 is 4.90 Å². The summed E-state index contributed by atoms with van der Waals surface area (Å²) in [4.78, 5) is 13.3. The molecule has 1 unspecified atom stereocenters. The van der Waals surface area contributed by atoms with E-state index >= 15 is 0 Å². The normalized spacial score (nSPS) is 22.0. The SMILES string of the molecule is CC(C)CC(=O)N1CCCC1C#N. The van der Waals surface area contributed by atoms with Gasteiger partial charge in [0.25, 0.3) is 0 Å². The third-order valence-electron chi connectivity index (χ3n) is 2.31. The van der Waals surface area contributed by atoms with Crippen LogP contribution in [0, 0.1) is 17.2 Å². The van der Waals surface area contributed by atoms with Crippen molar-refractivity contribution in [1.29, 1.82) is 5.26 Å². The number of likely N-dealkylation sites (tertiary alicyclic amines) is 1. The fraction of sp³-hybridized carbons (Fsp3) is 0.800. The van der Waals surface area contributed by atoms with Gasteiger partial charge in [-0.1, -0.05) is 13.8 Å². The van der Waals surface area contributed by atoms with Gasteiger partial charge in [-0.15, -0.1) is 0 Å². The number of carbonyl (C=O) groups is 1. The zero-order chi connectivity index (χ0) is 9.84. The van der Waals surface area contributed by atoms with Crippen molar-refractivity contribution in [2.24, 2.45) is 5.92 Å². The molecule has 1 amide bonds. The maximum absolute atomic E-state index is 11.6. The van der Waals surface area contributed by atoms with Crippen molar-refractivity contribution in [3.8, 4) is 6.07 Å². The van der Waals surface area contributed by atoms with Gasteiger partial charge in [-0.05, 0) is 18.8 Å². The van der Waals surface area contributed by atoms with Gasteiger partial charge in [0.2, 0.25) is 5.91 Å². The van der Waals surface area contributed by atoms with Crippen molar-refractivity contribution in [3.63, 3.8) is 0 Å². The number of nitriles is 1. The summed E-state index contributed by atoms with van der Waals surface area (Å²) in [5, 5.41) is 8.78. The smallest absolute Gasteiger partial charge is 0.223 e. The van der Waals surface area contributed by atoms with E-state index in [1.807, 2.05) is 13.8 Å².